The molecule has 3 heteroatoms. The number of rotatable bonds is 4. The second-order valence-electron chi connectivity index (χ2n) is 2.73. The highest BCUT2D eigenvalue weighted by Gasteiger charge is 2.17. The molecule has 0 amide bonds. The molecule has 0 saturated carbocycles. The molecule has 0 bridgehead atoms. The Labute approximate surface area is 82.6 Å². The van der Waals surface area contributed by atoms with Gasteiger partial charge < -0.3 is 9.84 Å². The first kappa shape index (κ1) is 10.5. The quantitative estimate of drug-likeness (QED) is 0.580. The summed E-state index contributed by atoms with van der Waals surface area (Å²) in [5.41, 5.74) is 0.529. The molecule has 0 aliphatic rings. The van der Waals surface area contributed by atoms with Crippen molar-refractivity contribution in [2.24, 2.45) is 0 Å². The molecule has 0 fully saturated rings. The Balaban J connectivity index is 2.61. The van der Waals surface area contributed by atoms with Gasteiger partial charge in [-0.3, -0.25) is 0 Å². The van der Waals surface area contributed by atoms with E-state index in [1.54, 1.807) is 24.3 Å². The van der Waals surface area contributed by atoms with E-state index in [0.29, 0.717) is 5.56 Å². The molecule has 0 aliphatic carbocycles. The van der Waals surface area contributed by atoms with E-state index < -0.39 is 12.1 Å². The SMILES string of the molecule is C=CCOC(=O)C(O)c1ccccc1. The number of hydrogen-bond donors (Lipinski definition) is 1. The van der Waals surface area contributed by atoms with Crippen LogP contribution in [-0.4, -0.2) is 17.7 Å². The average molecular weight is 192 g/mol. The standard InChI is InChI=1S/C11H12O3/c1-2-8-14-11(13)10(12)9-6-4-3-5-7-9/h2-7,10,12H,1,8H2. The number of aliphatic hydroxyl groups is 1. The molecule has 0 heterocycles. The van der Waals surface area contributed by atoms with Crippen LogP contribution < -0.4 is 0 Å². The number of aliphatic hydroxyl groups excluding tert-OH is 1. The van der Waals surface area contributed by atoms with Crippen molar-refractivity contribution in [1.82, 2.24) is 0 Å². The summed E-state index contributed by atoms with van der Waals surface area (Å²) >= 11 is 0. The number of benzene rings is 1. The van der Waals surface area contributed by atoms with Gasteiger partial charge in [-0.2, -0.15) is 0 Å². The van der Waals surface area contributed by atoms with E-state index in [9.17, 15) is 9.90 Å². The molecule has 0 radical (unpaired) electrons. The molecule has 3 nitrogen and oxygen atoms in total. The second kappa shape index (κ2) is 5.19. The fraction of sp³-hybridized carbons (Fsp3) is 0.182. The van der Waals surface area contributed by atoms with Crippen molar-refractivity contribution in [3.05, 3.63) is 48.6 Å². The van der Waals surface area contributed by atoms with Crippen LogP contribution in [0.2, 0.25) is 0 Å². The lowest BCUT2D eigenvalue weighted by atomic mass is 10.1. The lowest BCUT2D eigenvalue weighted by Crippen LogP contribution is -2.15. The number of esters is 1. The van der Waals surface area contributed by atoms with Crippen LogP contribution in [0, 0.1) is 0 Å². The van der Waals surface area contributed by atoms with Crippen molar-refractivity contribution in [2.45, 2.75) is 6.10 Å². The lowest BCUT2D eigenvalue weighted by molar-refractivity contribution is -0.152. The fourth-order valence-corrected chi connectivity index (χ4v) is 0.991. The molecule has 0 aromatic heterocycles. The third-order valence-corrected chi connectivity index (χ3v) is 1.68. The molecule has 1 aromatic carbocycles. The van der Waals surface area contributed by atoms with Gasteiger partial charge >= 0.3 is 5.97 Å². The summed E-state index contributed by atoms with van der Waals surface area (Å²) < 4.78 is 4.70. The Hall–Kier alpha value is -1.61. The maximum Gasteiger partial charge on any atom is 0.339 e. The Morgan fingerprint density at radius 1 is 1.50 bits per heavy atom. The molecule has 1 rings (SSSR count). The van der Waals surface area contributed by atoms with Crippen LogP contribution in [0.3, 0.4) is 0 Å². The second-order valence-corrected chi connectivity index (χ2v) is 2.73. The summed E-state index contributed by atoms with van der Waals surface area (Å²) in [4.78, 5) is 11.2. The summed E-state index contributed by atoms with van der Waals surface area (Å²) in [5, 5.41) is 9.51. The molecule has 1 atom stereocenters. The Morgan fingerprint density at radius 2 is 2.14 bits per heavy atom. The van der Waals surface area contributed by atoms with E-state index >= 15 is 0 Å². The first-order valence-corrected chi connectivity index (χ1v) is 4.26. The number of carbonyl (C=O) groups excluding carboxylic acids is 1. The Kier molecular flexibility index (Phi) is 3.88. The van der Waals surface area contributed by atoms with Crippen molar-refractivity contribution in [2.75, 3.05) is 6.61 Å². The first-order chi connectivity index (χ1) is 6.75. The third-order valence-electron chi connectivity index (χ3n) is 1.68. The highest BCUT2D eigenvalue weighted by atomic mass is 16.5. The summed E-state index contributed by atoms with van der Waals surface area (Å²) in [6.45, 7) is 3.52. The van der Waals surface area contributed by atoms with Crippen LogP contribution in [0.1, 0.15) is 11.7 Å². The molecule has 1 N–H and O–H groups in total. The van der Waals surface area contributed by atoms with Gasteiger partial charge in [0.05, 0.1) is 0 Å². The van der Waals surface area contributed by atoms with Gasteiger partial charge in [-0.05, 0) is 5.56 Å². The van der Waals surface area contributed by atoms with E-state index in [-0.39, 0.29) is 6.61 Å². The van der Waals surface area contributed by atoms with Gasteiger partial charge in [-0.1, -0.05) is 43.0 Å². The molecule has 1 aromatic rings. The molecular formula is C11H12O3. The zero-order valence-electron chi connectivity index (χ0n) is 7.72. The minimum Gasteiger partial charge on any atom is -0.459 e. The van der Waals surface area contributed by atoms with Gasteiger partial charge in [0.15, 0.2) is 6.10 Å². The topological polar surface area (TPSA) is 46.5 Å². The van der Waals surface area contributed by atoms with E-state index in [0.717, 1.165) is 0 Å². The zero-order chi connectivity index (χ0) is 10.4. The van der Waals surface area contributed by atoms with Crippen molar-refractivity contribution < 1.29 is 14.6 Å². The Bertz CT molecular complexity index is 306. The average Bonchev–Trinajstić information content (AvgIpc) is 2.26. The van der Waals surface area contributed by atoms with Gasteiger partial charge in [-0.15, -0.1) is 0 Å². The van der Waals surface area contributed by atoms with Gasteiger partial charge in [0.1, 0.15) is 6.61 Å². The summed E-state index contributed by atoms with van der Waals surface area (Å²) in [6, 6.07) is 8.64. The maximum atomic E-state index is 11.2. The van der Waals surface area contributed by atoms with Crippen LogP contribution >= 0.6 is 0 Å². The van der Waals surface area contributed by atoms with Crippen LogP contribution in [-0.2, 0) is 9.53 Å². The van der Waals surface area contributed by atoms with Crippen molar-refractivity contribution in [3.8, 4) is 0 Å². The molecule has 0 spiro atoms. The van der Waals surface area contributed by atoms with Crippen LogP contribution in [0.15, 0.2) is 43.0 Å². The predicted octanol–water partition coefficient (Wildman–Crippen LogP) is 1.45. The van der Waals surface area contributed by atoms with E-state index in [4.69, 9.17) is 4.74 Å². The van der Waals surface area contributed by atoms with Gasteiger partial charge in [-0.25, -0.2) is 4.79 Å². The summed E-state index contributed by atoms with van der Waals surface area (Å²) in [6.07, 6.45) is 0.242. The first-order valence-electron chi connectivity index (χ1n) is 4.26. The van der Waals surface area contributed by atoms with Crippen LogP contribution in [0.4, 0.5) is 0 Å². The van der Waals surface area contributed by atoms with E-state index in [2.05, 4.69) is 6.58 Å². The molecule has 74 valence electrons. The monoisotopic (exact) mass is 192 g/mol. The van der Waals surface area contributed by atoms with Crippen LogP contribution in [0.5, 0.6) is 0 Å². The number of ether oxygens (including phenoxy) is 1. The fourth-order valence-electron chi connectivity index (χ4n) is 0.991. The van der Waals surface area contributed by atoms with Crippen molar-refractivity contribution in [1.29, 1.82) is 0 Å². The third kappa shape index (κ3) is 2.71. The summed E-state index contributed by atoms with van der Waals surface area (Å²) in [5.74, 6) is -0.656. The predicted molar refractivity (Wildman–Crippen MR) is 52.6 cm³/mol. The van der Waals surface area contributed by atoms with Gasteiger partial charge in [0, 0.05) is 0 Å². The zero-order valence-corrected chi connectivity index (χ0v) is 7.72. The number of hydrogen-bond acceptors (Lipinski definition) is 3. The van der Waals surface area contributed by atoms with E-state index in [1.165, 1.54) is 6.08 Å². The lowest BCUT2D eigenvalue weighted by Gasteiger charge is -2.09. The molecular weight excluding hydrogens is 180 g/mol. The maximum absolute atomic E-state index is 11.2. The molecule has 14 heavy (non-hydrogen) atoms. The van der Waals surface area contributed by atoms with E-state index in [1.807, 2.05) is 6.07 Å². The smallest absolute Gasteiger partial charge is 0.339 e. The minimum absolute atomic E-state index is 0.114. The molecule has 1 unspecified atom stereocenters. The summed E-state index contributed by atoms with van der Waals surface area (Å²) in [7, 11) is 0. The molecule has 0 saturated heterocycles. The van der Waals surface area contributed by atoms with Gasteiger partial charge in [0.25, 0.3) is 0 Å². The van der Waals surface area contributed by atoms with Crippen LogP contribution in [0.25, 0.3) is 0 Å². The highest BCUT2D eigenvalue weighted by molar-refractivity contribution is 5.76. The number of carbonyl (C=O) groups is 1. The highest BCUT2D eigenvalue weighted by Crippen LogP contribution is 2.13. The van der Waals surface area contributed by atoms with Crippen molar-refractivity contribution >= 4 is 5.97 Å². The largest absolute Gasteiger partial charge is 0.459 e. The molecule has 0 aliphatic heterocycles. The van der Waals surface area contributed by atoms with Gasteiger partial charge in [0.2, 0.25) is 0 Å². The Morgan fingerprint density at radius 3 is 2.71 bits per heavy atom. The minimum atomic E-state index is -1.21. The van der Waals surface area contributed by atoms with Crippen molar-refractivity contribution in [3.63, 3.8) is 0 Å². The normalized spacial score (nSPS) is 11.8.